The normalized spacial score (nSPS) is 13.7. The predicted octanol–water partition coefficient (Wildman–Crippen LogP) is 4.83. The zero-order valence-electron chi connectivity index (χ0n) is 13.1. The molecule has 0 bridgehead atoms. The molecular formula is C16H24F3N. The number of hydrogen-bond acceptors (Lipinski definition) is 1. The molecular weight excluding hydrogens is 263 g/mol. The molecule has 0 saturated carbocycles. The molecule has 20 heavy (non-hydrogen) atoms. The lowest BCUT2D eigenvalue weighted by molar-refractivity contribution is -0.136. The summed E-state index contributed by atoms with van der Waals surface area (Å²) < 4.78 is 37.4. The summed E-state index contributed by atoms with van der Waals surface area (Å²) in [5.74, 6) is 0. The second-order valence-electron chi connectivity index (χ2n) is 5.53. The van der Waals surface area contributed by atoms with Crippen LogP contribution in [-0.2, 0) is 0 Å². The van der Waals surface area contributed by atoms with Gasteiger partial charge >= 0.3 is 6.18 Å². The van der Waals surface area contributed by atoms with E-state index < -0.39 is 12.6 Å². The van der Waals surface area contributed by atoms with E-state index in [0.717, 1.165) is 16.7 Å². The highest BCUT2D eigenvalue weighted by Gasteiger charge is 2.29. The Bertz CT molecular complexity index is 460. The quantitative estimate of drug-likeness (QED) is 0.836. The van der Waals surface area contributed by atoms with Crippen molar-refractivity contribution in [1.29, 1.82) is 0 Å². The summed E-state index contributed by atoms with van der Waals surface area (Å²) in [5, 5.41) is 3.05. The number of rotatable bonds is 4. The molecule has 0 amide bonds. The number of nitrogens with one attached hydrogen (secondary N) is 1. The maximum atomic E-state index is 12.5. The SMILES string of the molecule is CNC(CCC(F)(F)F)c1c(C)c(C)c(C)c(C)c1C. The average Bonchev–Trinajstić information content (AvgIpc) is 2.36. The Balaban J connectivity index is 3.22. The zero-order valence-corrected chi connectivity index (χ0v) is 13.1. The van der Waals surface area contributed by atoms with Gasteiger partial charge in [-0.05, 0) is 81.5 Å². The number of alkyl halides is 3. The summed E-state index contributed by atoms with van der Waals surface area (Å²) in [6.45, 7) is 10.1. The number of halogens is 3. The summed E-state index contributed by atoms with van der Waals surface area (Å²) in [5.41, 5.74) is 6.82. The van der Waals surface area contributed by atoms with Crippen LogP contribution in [0.1, 0.15) is 52.3 Å². The lowest BCUT2D eigenvalue weighted by Crippen LogP contribution is -2.22. The van der Waals surface area contributed by atoms with Gasteiger partial charge in [-0.2, -0.15) is 13.2 Å². The molecule has 1 aromatic rings. The van der Waals surface area contributed by atoms with Crippen LogP contribution in [0.5, 0.6) is 0 Å². The Morgan fingerprint density at radius 1 is 0.850 bits per heavy atom. The Morgan fingerprint density at radius 2 is 1.25 bits per heavy atom. The third-order valence-electron chi connectivity index (χ3n) is 4.47. The van der Waals surface area contributed by atoms with E-state index in [-0.39, 0.29) is 12.5 Å². The van der Waals surface area contributed by atoms with Crippen LogP contribution in [0.3, 0.4) is 0 Å². The Labute approximate surface area is 119 Å². The van der Waals surface area contributed by atoms with Gasteiger partial charge in [0, 0.05) is 12.5 Å². The number of hydrogen-bond donors (Lipinski definition) is 1. The van der Waals surface area contributed by atoms with Gasteiger partial charge in [-0.1, -0.05) is 0 Å². The van der Waals surface area contributed by atoms with E-state index in [9.17, 15) is 13.2 Å². The molecule has 0 aliphatic rings. The van der Waals surface area contributed by atoms with E-state index in [1.54, 1.807) is 7.05 Å². The van der Waals surface area contributed by atoms with Crippen LogP contribution in [0.15, 0.2) is 0 Å². The third-order valence-corrected chi connectivity index (χ3v) is 4.47. The molecule has 0 aliphatic heterocycles. The van der Waals surface area contributed by atoms with Crippen molar-refractivity contribution in [3.8, 4) is 0 Å². The molecule has 1 aromatic carbocycles. The minimum absolute atomic E-state index is 0.0730. The van der Waals surface area contributed by atoms with Crippen molar-refractivity contribution in [1.82, 2.24) is 5.32 Å². The van der Waals surface area contributed by atoms with Gasteiger partial charge in [0.05, 0.1) is 0 Å². The van der Waals surface area contributed by atoms with Gasteiger partial charge in [0.1, 0.15) is 0 Å². The molecule has 1 nitrogen and oxygen atoms in total. The minimum atomic E-state index is -4.11. The predicted molar refractivity (Wildman–Crippen MR) is 77.2 cm³/mol. The maximum Gasteiger partial charge on any atom is 0.389 e. The molecule has 114 valence electrons. The Hall–Kier alpha value is -1.03. The van der Waals surface area contributed by atoms with Crippen LogP contribution in [0.25, 0.3) is 0 Å². The summed E-state index contributed by atoms with van der Waals surface area (Å²) in [6, 6.07) is -0.255. The van der Waals surface area contributed by atoms with Crippen molar-refractivity contribution in [3.63, 3.8) is 0 Å². The lowest BCUT2D eigenvalue weighted by Gasteiger charge is -2.26. The average molecular weight is 287 g/mol. The maximum absolute atomic E-state index is 12.5. The van der Waals surface area contributed by atoms with Gasteiger partial charge in [0.2, 0.25) is 0 Å². The summed E-state index contributed by atoms with van der Waals surface area (Å²) in [7, 11) is 1.73. The molecule has 0 aromatic heterocycles. The fraction of sp³-hybridized carbons (Fsp3) is 0.625. The Morgan fingerprint density at radius 3 is 1.60 bits per heavy atom. The minimum Gasteiger partial charge on any atom is -0.313 e. The molecule has 4 heteroatoms. The first-order valence-electron chi connectivity index (χ1n) is 6.91. The van der Waals surface area contributed by atoms with Crippen LogP contribution < -0.4 is 5.32 Å². The van der Waals surface area contributed by atoms with Crippen LogP contribution in [0.4, 0.5) is 13.2 Å². The first-order valence-corrected chi connectivity index (χ1v) is 6.91. The first kappa shape index (κ1) is 17.0. The molecule has 0 heterocycles. The highest BCUT2D eigenvalue weighted by molar-refractivity contribution is 5.50. The van der Waals surface area contributed by atoms with Crippen molar-refractivity contribution in [2.75, 3.05) is 7.05 Å². The molecule has 0 fully saturated rings. The largest absolute Gasteiger partial charge is 0.389 e. The van der Waals surface area contributed by atoms with Crippen molar-refractivity contribution in [2.24, 2.45) is 0 Å². The van der Waals surface area contributed by atoms with Crippen molar-refractivity contribution in [2.45, 2.75) is 59.7 Å². The van der Waals surface area contributed by atoms with E-state index in [1.165, 1.54) is 16.7 Å². The standard InChI is InChI=1S/C16H24F3N/c1-9-10(2)12(4)15(13(5)11(9)3)14(20-6)7-8-16(17,18)19/h14,20H,7-8H2,1-6H3. The van der Waals surface area contributed by atoms with E-state index >= 15 is 0 Å². The van der Waals surface area contributed by atoms with Crippen LogP contribution in [-0.4, -0.2) is 13.2 Å². The first-order chi connectivity index (χ1) is 9.10. The van der Waals surface area contributed by atoms with Crippen LogP contribution in [0, 0.1) is 34.6 Å². The molecule has 0 spiro atoms. The molecule has 0 saturated heterocycles. The second kappa shape index (κ2) is 6.17. The number of benzene rings is 1. The second-order valence-corrected chi connectivity index (χ2v) is 5.53. The third kappa shape index (κ3) is 3.54. The van der Waals surface area contributed by atoms with E-state index in [4.69, 9.17) is 0 Å². The zero-order chi connectivity index (χ0) is 15.7. The van der Waals surface area contributed by atoms with Crippen molar-refractivity contribution >= 4 is 0 Å². The van der Waals surface area contributed by atoms with E-state index in [1.807, 2.05) is 27.7 Å². The topological polar surface area (TPSA) is 12.0 Å². The smallest absolute Gasteiger partial charge is 0.313 e. The molecule has 0 radical (unpaired) electrons. The highest BCUT2D eigenvalue weighted by atomic mass is 19.4. The van der Waals surface area contributed by atoms with Crippen molar-refractivity contribution in [3.05, 3.63) is 33.4 Å². The molecule has 1 rings (SSSR count). The van der Waals surface area contributed by atoms with E-state index in [2.05, 4.69) is 12.2 Å². The Kier molecular flexibility index (Phi) is 5.25. The van der Waals surface area contributed by atoms with Gasteiger partial charge < -0.3 is 5.32 Å². The van der Waals surface area contributed by atoms with Gasteiger partial charge in [-0.15, -0.1) is 0 Å². The summed E-state index contributed by atoms with van der Waals surface area (Å²) in [4.78, 5) is 0. The molecule has 1 N–H and O–H groups in total. The monoisotopic (exact) mass is 287 g/mol. The highest BCUT2D eigenvalue weighted by Crippen LogP contribution is 2.34. The van der Waals surface area contributed by atoms with Gasteiger partial charge in [-0.3, -0.25) is 0 Å². The van der Waals surface area contributed by atoms with Gasteiger partial charge in [-0.25, -0.2) is 0 Å². The fourth-order valence-electron chi connectivity index (χ4n) is 2.79. The van der Waals surface area contributed by atoms with Gasteiger partial charge in [0.25, 0.3) is 0 Å². The molecule has 0 aliphatic carbocycles. The molecule has 1 atom stereocenters. The summed E-state index contributed by atoms with van der Waals surface area (Å²) >= 11 is 0. The van der Waals surface area contributed by atoms with Crippen LogP contribution in [0.2, 0.25) is 0 Å². The van der Waals surface area contributed by atoms with E-state index in [0.29, 0.717) is 0 Å². The van der Waals surface area contributed by atoms with Gasteiger partial charge in [0.15, 0.2) is 0 Å². The lowest BCUT2D eigenvalue weighted by atomic mass is 9.85. The van der Waals surface area contributed by atoms with Crippen LogP contribution >= 0.6 is 0 Å². The molecule has 1 unspecified atom stereocenters. The summed E-state index contributed by atoms with van der Waals surface area (Å²) in [6.07, 6.45) is -4.79. The van der Waals surface area contributed by atoms with Crippen molar-refractivity contribution < 1.29 is 13.2 Å². The fourth-order valence-corrected chi connectivity index (χ4v) is 2.79.